The predicted octanol–water partition coefficient (Wildman–Crippen LogP) is 4.27. The van der Waals surface area contributed by atoms with Crippen LogP contribution >= 0.6 is 23.2 Å². The van der Waals surface area contributed by atoms with Gasteiger partial charge >= 0.3 is 0 Å². The number of fused-ring (bicyclic) bond motifs is 5. The molecule has 2 aromatic carbocycles. The van der Waals surface area contributed by atoms with Gasteiger partial charge in [0.2, 0.25) is 0 Å². The summed E-state index contributed by atoms with van der Waals surface area (Å²) in [7, 11) is 2.03. The van der Waals surface area contributed by atoms with Crippen molar-refractivity contribution in [2.24, 2.45) is 0 Å². The third-order valence-corrected chi connectivity index (χ3v) is 5.98. The molecule has 144 valence electrons. The number of halogens is 2. The Morgan fingerprint density at radius 2 is 2.00 bits per heavy atom. The van der Waals surface area contributed by atoms with Crippen LogP contribution in [0.5, 0.6) is 0 Å². The number of nitriles is 1. The van der Waals surface area contributed by atoms with Gasteiger partial charge in [0, 0.05) is 25.3 Å². The molecule has 0 saturated carbocycles. The van der Waals surface area contributed by atoms with Crippen LogP contribution in [-0.2, 0) is 4.79 Å². The molecule has 7 heteroatoms. The Balaban J connectivity index is 1.77. The van der Waals surface area contributed by atoms with Gasteiger partial charge in [-0.1, -0.05) is 41.4 Å². The van der Waals surface area contributed by atoms with Crippen LogP contribution in [0.25, 0.3) is 0 Å². The van der Waals surface area contributed by atoms with E-state index in [4.69, 9.17) is 23.2 Å². The van der Waals surface area contributed by atoms with E-state index in [2.05, 4.69) is 33.3 Å². The monoisotopic (exact) mass is 414 g/mol. The lowest BCUT2D eigenvalue weighted by Gasteiger charge is -2.41. The van der Waals surface area contributed by atoms with Crippen LogP contribution in [0.3, 0.4) is 0 Å². The molecule has 2 aliphatic rings. The number of carbonyl (C=O) groups is 1. The van der Waals surface area contributed by atoms with Crippen molar-refractivity contribution in [2.45, 2.75) is 29.8 Å². The SMILES string of the molecule is CN1c2ccccc2[C@H]2C[C@H](NC(=O)C(Cl)Cl)CCN2c2ccc(C#N)cc21. The fraction of sp³-hybridized carbons (Fsp3) is 0.333. The molecule has 1 saturated heterocycles. The topological polar surface area (TPSA) is 59.4 Å². The molecule has 1 fully saturated rings. The molecule has 2 aromatic rings. The zero-order valence-electron chi connectivity index (χ0n) is 15.4. The number of nitrogens with zero attached hydrogens (tertiary/aromatic N) is 3. The van der Waals surface area contributed by atoms with E-state index in [1.807, 2.05) is 37.4 Å². The van der Waals surface area contributed by atoms with Gasteiger partial charge in [-0.3, -0.25) is 4.79 Å². The van der Waals surface area contributed by atoms with Gasteiger partial charge in [-0.2, -0.15) is 5.26 Å². The fourth-order valence-corrected chi connectivity index (χ4v) is 4.38. The molecule has 0 bridgehead atoms. The molecule has 0 aromatic heterocycles. The van der Waals surface area contributed by atoms with Crippen LogP contribution in [0.1, 0.15) is 30.0 Å². The average Bonchev–Trinajstić information content (AvgIpc) is 2.81. The first-order valence-electron chi connectivity index (χ1n) is 9.21. The Kier molecular flexibility index (Phi) is 5.09. The highest BCUT2D eigenvalue weighted by molar-refractivity contribution is 6.53. The van der Waals surface area contributed by atoms with Crippen LogP contribution in [-0.4, -0.2) is 30.4 Å². The third-order valence-electron chi connectivity index (χ3n) is 5.58. The smallest absolute Gasteiger partial charge is 0.253 e. The van der Waals surface area contributed by atoms with Crippen LogP contribution in [0.15, 0.2) is 42.5 Å². The Bertz CT molecular complexity index is 956. The highest BCUT2D eigenvalue weighted by atomic mass is 35.5. The van der Waals surface area contributed by atoms with Crippen LogP contribution in [0, 0.1) is 11.3 Å². The second kappa shape index (κ2) is 7.54. The first-order valence-corrected chi connectivity index (χ1v) is 10.1. The molecule has 4 rings (SSSR count). The Labute approximate surface area is 174 Å². The summed E-state index contributed by atoms with van der Waals surface area (Å²) in [5, 5.41) is 12.3. The third kappa shape index (κ3) is 3.28. The molecular weight excluding hydrogens is 395 g/mol. The fourth-order valence-electron chi connectivity index (χ4n) is 4.25. The zero-order chi connectivity index (χ0) is 19.8. The van der Waals surface area contributed by atoms with Gasteiger partial charge in [-0.15, -0.1) is 0 Å². The summed E-state index contributed by atoms with van der Waals surface area (Å²) in [5.41, 5.74) is 5.05. The molecule has 2 atom stereocenters. The van der Waals surface area contributed by atoms with E-state index in [1.165, 1.54) is 5.56 Å². The molecule has 0 unspecified atom stereocenters. The maximum atomic E-state index is 12.0. The lowest BCUT2D eigenvalue weighted by atomic mass is 9.90. The van der Waals surface area contributed by atoms with Crippen molar-refractivity contribution in [3.8, 4) is 6.07 Å². The van der Waals surface area contributed by atoms with E-state index in [9.17, 15) is 10.1 Å². The van der Waals surface area contributed by atoms with Gasteiger partial charge in [0.1, 0.15) is 0 Å². The van der Waals surface area contributed by atoms with E-state index < -0.39 is 4.84 Å². The number of hydrogen-bond donors (Lipinski definition) is 1. The van der Waals surface area contributed by atoms with E-state index in [-0.39, 0.29) is 18.0 Å². The summed E-state index contributed by atoms with van der Waals surface area (Å²) < 4.78 is 0. The van der Waals surface area contributed by atoms with Crippen molar-refractivity contribution < 1.29 is 4.79 Å². The normalized spacial score (nSPS) is 20.5. The number of alkyl halides is 2. The standard InChI is InChI=1S/C21H20Cl2N4O/c1-26-16-5-3-2-4-15(16)18-11-14(25-21(28)20(22)23)8-9-27(18)17-7-6-13(12-24)10-19(17)26/h2-7,10,14,18,20H,8-9,11H2,1H3,(H,25,28)/t14-,18-/m1/s1. The minimum absolute atomic E-state index is 0.00652. The van der Waals surface area contributed by atoms with Crippen LogP contribution in [0.4, 0.5) is 17.1 Å². The number of piperidine rings is 1. The summed E-state index contributed by atoms with van der Waals surface area (Å²) in [6.45, 7) is 0.784. The number of anilines is 3. The summed E-state index contributed by atoms with van der Waals surface area (Å²) in [6, 6.07) is 16.5. The number of benzene rings is 2. The minimum Gasteiger partial charge on any atom is -0.363 e. The van der Waals surface area contributed by atoms with Crippen molar-refractivity contribution in [3.05, 3.63) is 53.6 Å². The molecule has 2 heterocycles. The number of rotatable bonds is 2. The second-order valence-electron chi connectivity index (χ2n) is 7.17. The molecule has 5 nitrogen and oxygen atoms in total. The first-order chi connectivity index (χ1) is 13.5. The summed E-state index contributed by atoms with van der Waals surface area (Å²) in [6.07, 6.45) is 1.56. The molecule has 0 radical (unpaired) electrons. The van der Waals surface area contributed by atoms with Gasteiger partial charge in [-0.05, 0) is 42.7 Å². The van der Waals surface area contributed by atoms with E-state index in [1.54, 1.807) is 0 Å². The lowest BCUT2D eigenvalue weighted by Crippen LogP contribution is -2.47. The number of nitrogens with one attached hydrogen (secondary N) is 1. The van der Waals surface area contributed by atoms with Crippen molar-refractivity contribution in [1.82, 2.24) is 5.32 Å². The van der Waals surface area contributed by atoms with Crippen molar-refractivity contribution >= 4 is 46.2 Å². The summed E-state index contributed by atoms with van der Waals surface area (Å²) >= 11 is 11.4. The van der Waals surface area contributed by atoms with Gasteiger partial charge in [0.05, 0.1) is 29.0 Å². The van der Waals surface area contributed by atoms with Gasteiger partial charge in [-0.25, -0.2) is 0 Å². The second-order valence-corrected chi connectivity index (χ2v) is 8.27. The number of hydrogen-bond acceptors (Lipinski definition) is 4. The zero-order valence-corrected chi connectivity index (χ0v) is 16.9. The average molecular weight is 415 g/mol. The predicted molar refractivity (Wildman–Crippen MR) is 112 cm³/mol. The van der Waals surface area contributed by atoms with Crippen molar-refractivity contribution in [3.63, 3.8) is 0 Å². The quantitative estimate of drug-likeness (QED) is 0.745. The molecule has 1 amide bonds. The van der Waals surface area contributed by atoms with Gasteiger partial charge in [0.25, 0.3) is 5.91 Å². The molecule has 0 spiro atoms. The van der Waals surface area contributed by atoms with Gasteiger partial charge < -0.3 is 15.1 Å². The summed E-state index contributed by atoms with van der Waals surface area (Å²) in [4.78, 5) is 15.4. The van der Waals surface area contributed by atoms with Crippen molar-refractivity contribution in [2.75, 3.05) is 23.4 Å². The van der Waals surface area contributed by atoms with E-state index in [0.29, 0.717) is 5.56 Å². The molecule has 0 aliphatic carbocycles. The lowest BCUT2D eigenvalue weighted by molar-refractivity contribution is -0.120. The molecule has 2 aliphatic heterocycles. The molecule has 28 heavy (non-hydrogen) atoms. The maximum Gasteiger partial charge on any atom is 0.253 e. The van der Waals surface area contributed by atoms with Crippen molar-refractivity contribution in [1.29, 1.82) is 5.26 Å². The number of carbonyl (C=O) groups excluding carboxylic acids is 1. The number of para-hydroxylation sites is 1. The Morgan fingerprint density at radius 1 is 1.21 bits per heavy atom. The highest BCUT2D eigenvalue weighted by Gasteiger charge is 2.36. The van der Waals surface area contributed by atoms with E-state index in [0.717, 1.165) is 36.4 Å². The molecular formula is C21H20Cl2N4O. The highest BCUT2D eigenvalue weighted by Crippen LogP contribution is 2.47. The van der Waals surface area contributed by atoms with Crippen LogP contribution in [0.2, 0.25) is 0 Å². The number of amides is 1. The first kappa shape index (κ1) is 18.9. The van der Waals surface area contributed by atoms with Gasteiger partial charge in [0.15, 0.2) is 4.84 Å². The van der Waals surface area contributed by atoms with E-state index >= 15 is 0 Å². The molecule has 1 N–H and O–H groups in total. The summed E-state index contributed by atoms with van der Waals surface area (Å²) in [5.74, 6) is -0.347. The minimum atomic E-state index is -1.06. The largest absolute Gasteiger partial charge is 0.363 e. The Morgan fingerprint density at radius 3 is 2.75 bits per heavy atom. The van der Waals surface area contributed by atoms with Crippen LogP contribution < -0.4 is 15.1 Å². The maximum absolute atomic E-state index is 12.0. The Hall–Kier alpha value is -2.42.